The molecule has 98 valence electrons. The Balaban J connectivity index is 2.16. The van der Waals surface area contributed by atoms with Crippen LogP contribution in [0.2, 0.25) is 0 Å². The second-order valence-corrected chi connectivity index (χ2v) is 4.91. The van der Waals surface area contributed by atoms with E-state index in [0.29, 0.717) is 6.61 Å². The summed E-state index contributed by atoms with van der Waals surface area (Å²) in [5.41, 5.74) is 0.884. The van der Waals surface area contributed by atoms with Gasteiger partial charge in [-0.1, -0.05) is 30.3 Å². The van der Waals surface area contributed by atoms with Crippen molar-refractivity contribution in [1.29, 1.82) is 0 Å². The first kappa shape index (κ1) is 13.1. The molecule has 1 heterocycles. The fraction of sp³-hybridized carbons (Fsp3) is 0.533. The SMILES string of the molecule is CCOC(=O)C1(Cc2ccccc2)CCNCC1. The molecule has 1 N–H and O–H groups in total. The zero-order valence-electron chi connectivity index (χ0n) is 10.9. The topological polar surface area (TPSA) is 38.3 Å². The van der Waals surface area contributed by atoms with Gasteiger partial charge in [0.05, 0.1) is 12.0 Å². The molecule has 0 bridgehead atoms. The second-order valence-electron chi connectivity index (χ2n) is 4.91. The minimum Gasteiger partial charge on any atom is -0.466 e. The summed E-state index contributed by atoms with van der Waals surface area (Å²) in [4.78, 5) is 12.3. The quantitative estimate of drug-likeness (QED) is 0.829. The molecule has 0 spiro atoms. The highest BCUT2D eigenvalue weighted by atomic mass is 16.5. The number of carbonyl (C=O) groups excluding carboxylic acids is 1. The first-order valence-corrected chi connectivity index (χ1v) is 6.69. The molecule has 0 amide bonds. The molecule has 0 saturated carbocycles. The van der Waals surface area contributed by atoms with E-state index in [2.05, 4.69) is 17.4 Å². The Morgan fingerprint density at radius 1 is 1.28 bits per heavy atom. The van der Waals surface area contributed by atoms with E-state index in [0.717, 1.165) is 32.4 Å². The number of ether oxygens (including phenoxy) is 1. The largest absolute Gasteiger partial charge is 0.466 e. The molecule has 1 aromatic rings. The van der Waals surface area contributed by atoms with Crippen molar-refractivity contribution in [3.63, 3.8) is 0 Å². The maximum absolute atomic E-state index is 12.3. The first-order chi connectivity index (χ1) is 8.77. The Labute approximate surface area is 109 Å². The molecular weight excluding hydrogens is 226 g/mol. The van der Waals surface area contributed by atoms with Crippen LogP contribution in [0.3, 0.4) is 0 Å². The number of piperidine rings is 1. The van der Waals surface area contributed by atoms with E-state index >= 15 is 0 Å². The van der Waals surface area contributed by atoms with Crippen molar-refractivity contribution in [3.8, 4) is 0 Å². The lowest BCUT2D eigenvalue weighted by Crippen LogP contribution is -2.44. The standard InChI is InChI=1S/C15H21NO2/c1-2-18-14(17)15(8-10-16-11-9-15)12-13-6-4-3-5-7-13/h3-7,16H,2,8-12H2,1H3. The van der Waals surface area contributed by atoms with Crippen LogP contribution in [0.5, 0.6) is 0 Å². The monoisotopic (exact) mass is 247 g/mol. The molecule has 3 heteroatoms. The Bertz CT molecular complexity index is 383. The maximum Gasteiger partial charge on any atom is 0.312 e. The van der Waals surface area contributed by atoms with Crippen molar-refractivity contribution in [3.05, 3.63) is 35.9 Å². The van der Waals surface area contributed by atoms with E-state index in [1.165, 1.54) is 5.56 Å². The molecule has 2 rings (SSSR count). The lowest BCUT2D eigenvalue weighted by Gasteiger charge is -2.35. The summed E-state index contributed by atoms with van der Waals surface area (Å²) in [7, 11) is 0. The summed E-state index contributed by atoms with van der Waals surface area (Å²) >= 11 is 0. The van der Waals surface area contributed by atoms with Crippen LogP contribution < -0.4 is 5.32 Å². The number of nitrogens with one attached hydrogen (secondary N) is 1. The number of rotatable bonds is 4. The van der Waals surface area contributed by atoms with Crippen LogP contribution in [-0.4, -0.2) is 25.7 Å². The van der Waals surface area contributed by atoms with Gasteiger partial charge in [-0.2, -0.15) is 0 Å². The van der Waals surface area contributed by atoms with E-state index in [9.17, 15) is 4.79 Å². The van der Waals surface area contributed by atoms with Gasteiger partial charge in [-0.15, -0.1) is 0 Å². The molecule has 1 saturated heterocycles. The molecule has 0 aromatic heterocycles. The number of hydrogen-bond acceptors (Lipinski definition) is 3. The second kappa shape index (κ2) is 6.01. The average molecular weight is 247 g/mol. The molecule has 3 nitrogen and oxygen atoms in total. The highest BCUT2D eigenvalue weighted by molar-refractivity contribution is 5.77. The van der Waals surface area contributed by atoms with Crippen molar-refractivity contribution in [2.75, 3.05) is 19.7 Å². The van der Waals surface area contributed by atoms with Gasteiger partial charge in [0, 0.05) is 0 Å². The van der Waals surface area contributed by atoms with Crippen LogP contribution in [-0.2, 0) is 16.0 Å². The first-order valence-electron chi connectivity index (χ1n) is 6.69. The summed E-state index contributed by atoms with van der Waals surface area (Å²) < 4.78 is 5.29. The van der Waals surface area contributed by atoms with Crippen LogP contribution in [0.25, 0.3) is 0 Å². The zero-order chi connectivity index (χ0) is 12.8. The highest BCUT2D eigenvalue weighted by Crippen LogP contribution is 2.34. The number of hydrogen-bond donors (Lipinski definition) is 1. The average Bonchev–Trinajstić information content (AvgIpc) is 2.41. The van der Waals surface area contributed by atoms with E-state index in [4.69, 9.17) is 4.74 Å². The molecule has 0 aliphatic carbocycles. The third kappa shape index (κ3) is 2.91. The number of esters is 1. The Morgan fingerprint density at radius 2 is 1.94 bits per heavy atom. The van der Waals surface area contributed by atoms with Gasteiger partial charge < -0.3 is 10.1 Å². The Morgan fingerprint density at radius 3 is 2.56 bits per heavy atom. The minimum absolute atomic E-state index is 0.0321. The van der Waals surface area contributed by atoms with E-state index < -0.39 is 0 Å². The zero-order valence-corrected chi connectivity index (χ0v) is 10.9. The van der Waals surface area contributed by atoms with Crippen LogP contribution >= 0.6 is 0 Å². The fourth-order valence-corrected chi connectivity index (χ4v) is 2.63. The summed E-state index contributed by atoms with van der Waals surface area (Å²) in [6.07, 6.45) is 2.51. The van der Waals surface area contributed by atoms with E-state index in [-0.39, 0.29) is 11.4 Å². The van der Waals surface area contributed by atoms with Gasteiger partial charge in [0.1, 0.15) is 0 Å². The normalized spacial score (nSPS) is 18.3. The van der Waals surface area contributed by atoms with Gasteiger partial charge in [0.15, 0.2) is 0 Å². The summed E-state index contributed by atoms with van der Waals surface area (Å²) in [5.74, 6) is -0.0321. The predicted octanol–water partition coefficient (Wildman–Crippen LogP) is 2.16. The van der Waals surface area contributed by atoms with Crippen LogP contribution in [0.15, 0.2) is 30.3 Å². The van der Waals surface area contributed by atoms with Gasteiger partial charge in [0.25, 0.3) is 0 Å². The molecular formula is C15H21NO2. The summed E-state index contributed by atoms with van der Waals surface area (Å²) in [6, 6.07) is 10.2. The van der Waals surface area contributed by atoms with Crippen molar-refractivity contribution in [1.82, 2.24) is 5.32 Å². The Hall–Kier alpha value is -1.35. The van der Waals surface area contributed by atoms with Crippen molar-refractivity contribution >= 4 is 5.97 Å². The van der Waals surface area contributed by atoms with Gasteiger partial charge in [-0.25, -0.2) is 0 Å². The van der Waals surface area contributed by atoms with E-state index in [1.807, 2.05) is 25.1 Å². The maximum atomic E-state index is 12.3. The van der Waals surface area contributed by atoms with Crippen molar-refractivity contribution in [2.45, 2.75) is 26.2 Å². The number of carbonyl (C=O) groups is 1. The molecule has 0 radical (unpaired) electrons. The van der Waals surface area contributed by atoms with Crippen LogP contribution in [0.4, 0.5) is 0 Å². The number of benzene rings is 1. The molecule has 0 atom stereocenters. The highest BCUT2D eigenvalue weighted by Gasteiger charge is 2.40. The predicted molar refractivity (Wildman–Crippen MR) is 71.3 cm³/mol. The third-order valence-corrected chi connectivity index (χ3v) is 3.65. The van der Waals surface area contributed by atoms with Gasteiger partial charge >= 0.3 is 5.97 Å². The van der Waals surface area contributed by atoms with Gasteiger partial charge in [0.2, 0.25) is 0 Å². The Kier molecular flexibility index (Phi) is 4.37. The van der Waals surface area contributed by atoms with Crippen molar-refractivity contribution in [2.24, 2.45) is 5.41 Å². The minimum atomic E-state index is -0.331. The van der Waals surface area contributed by atoms with Gasteiger partial charge in [-0.05, 0) is 44.8 Å². The summed E-state index contributed by atoms with van der Waals surface area (Å²) in [6.45, 7) is 4.12. The fourth-order valence-electron chi connectivity index (χ4n) is 2.63. The van der Waals surface area contributed by atoms with Crippen LogP contribution in [0.1, 0.15) is 25.3 Å². The third-order valence-electron chi connectivity index (χ3n) is 3.65. The molecule has 18 heavy (non-hydrogen) atoms. The van der Waals surface area contributed by atoms with Crippen LogP contribution in [0, 0.1) is 5.41 Å². The molecule has 1 aliphatic rings. The lowest BCUT2D eigenvalue weighted by atomic mass is 9.74. The molecule has 1 fully saturated rings. The molecule has 1 aromatic carbocycles. The van der Waals surface area contributed by atoms with Gasteiger partial charge in [-0.3, -0.25) is 4.79 Å². The molecule has 1 aliphatic heterocycles. The van der Waals surface area contributed by atoms with E-state index in [1.54, 1.807) is 0 Å². The molecule has 0 unspecified atom stereocenters. The smallest absolute Gasteiger partial charge is 0.312 e. The lowest BCUT2D eigenvalue weighted by molar-refractivity contribution is -0.157. The summed E-state index contributed by atoms with van der Waals surface area (Å²) in [5, 5.41) is 3.31. The van der Waals surface area contributed by atoms with Crippen molar-refractivity contribution < 1.29 is 9.53 Å².